The van der Waals surface area contributed by atoms with Crippen LogP contribution < -0.4 is 5.32 Å². The number of nitrogens with one attached hydrogen (secondary N) is 1. The van der Waals surface area contributed by atoms with E-state index in [1.807, 2.05) is 6.92 Å². The van der Waals surface area contributed by atoms with Crippen molar-refractivity contribution in [1.29, 1.82) is 0 Å². The zero-order valence-corrected chi connectivity index (χ0v) is 11.6. The molecular formula is C16H18F2N2. The van der Waals surface area contributed by atoms with E-state index in [1.165, 1.54) is 24.4 Å². The molecule has 0 saturated heterocycles. The van der Waals surface area contributed by atoms with Crippen LogP contribution in [-0.4, -0.2) is 11.0 Å². The first-order valence-corrected chi connectivity index (χ1v) is 6.66. The number of rotatable bonds is 5. The van der Waals surface area contributed by atoms with Gasteiger partial charge < -0.3 is 5.32 Å². The number of nitrogens with zero attached hydrogens (tertiary/aromatic N) is 1. The Hall–Kier alpha value is -1.81. The van der Waals surface area contributed by atoms with Crippen LogP contribution in [0.1, 0.15) is 31.1 Å². The first-order valence-electron chi connectivity index (χ1n) is 6.66. The lowest BCUT2D eigenvalue weighted by molar-refractivity contribution is 0.468. The Kier molecular flexibility index (Phi) is 4.79. The summed E-state index contributed by atoms with van der Waals surface area (Å²) in [5, 5.41) is 3.40. The number of aromatic nitrogens is 1. The minimum Gasteiger partial charge on any atom is -0.306 e. The van der Waals surface area contributed by atoms with Crippen LogP contribution in [0.15, 0.2) is 42.6 Å². The predicted molar refractivity (Wildman–Crippen MR) is 75.3 cm³/mol. The van der Waals surface area contributed by atoms with Crippen molar-refractivity contribution in [3.8, 4) is 0 Å². The van der Waals surface area contributed by atoms with Crippen LogP contribution in [0, 0.1) is 11.6 Å². The van der Waals surface area contributed by atoms with Gasteiger partial charge in [0.25, 0.3) is 0 Å². The van der Waals surface area contributed by atoms with Crippen molar-refractivity contribution in [3.63, 3.8) is 0 Å². The standard InChI is InChI=1S/C16H18F2N2/c1-11(9-13-3-5-14(17)6-4-13)20-12(2)16-8-7-15(18)10-19-16/h3-8,10-12,20H,9H2,1-2H3. The number of hydrogen-bond acceptors (Lipinski definition) is 2. The first-order chi connectivity index (χ1) is 9.54. The molecule has 0 aliphatic carbocycles. The molecule has 2 nitrogen and oxygen atoms in total. The SMILES string of the molecule is CC(Cc1ccc(F)cc1)NC(C)c1ccc(F)cn1. The second kappa shape index (κ2) is 6.57. The molecule has 4 heteroatoms. The van der Waals surface area contributed by atoms with Crippen molar-refractivity contribution in [2.45, 2.75) is 32.4 Å². The number of pyridine rings is 1. The summed E-state index contributed by atoms with van der Waals surface area (Å²) in [6, 6.07) is 9.83. The van der Waals surface area contributed by atoms with Crippen LogP contribution in [-0.2, 0) is 6.42 Å². The average Bonchev–Trinajstić information content (AvgIpc) is 2.42. The van der Waals surface area contributed by atoms with Gasteiger partial charge in [0, 0.05) is 12.1 Å². The van der Waals surface area contributed by atoms with Crippen molar-refractivity contribution in [2.24, 2.45) is 0 Å². The van der Waals surface area contributed by atoms with Crippen LogP contribution in [0.4, 0.5) is 8.78 Å². The van der Waals surface area contributed by atoms with E-state index in [2.05, 4.69) is 17.2 Å². The summed E-state index contributed by atoms with van der Waals surface area (Å²) >= 11 is 0. The van der Waals surface area contributed by atoms with Crippen LogP contribution in [0.3, 0.4) is 0 Å². The molecule has 2 unspecified atom stereocenters. The Bertz CT molecular complexity index is 537. The normalized spacial score (nSPS) is 14.0. The summed E-state index contributed by atoms with van der Waals surface area (Å²) in [5.74, 6) is -0.557. The van der Waals surface area contributed by atoms with E-state index in [9.17, 15) is 8.78 Å². The zero-order chi connectivity index (χ0) is 14.5. The molecule has 0 saturated carbocycles. The number of benzene rings is 1. The van der Waals surface area contributed by atoms with Crippen LogP contribution in [0.2, 0.25) is 0 Å². The molecule has 0 amide bonds. The van der Waals surface area contributed by atoms with E-state index in [0.29, 0.717) is 0 Å². The monoisotopic (exact) mass is 276 g/mol. The third kappa shape index (κ3) is 4.10. The molecule has 0 aliphatic rings. The lowest BCUT2D eigenvalue weighted by atomic mass is 10.1. The maximum Gasteiger partial charge on any atom is 0.141 e. The Labute approximate surface area is 117 Å². The van der Waals surface area contributed by atoms with E-state index >= 15 is 0 Å². The number of halogens is 2. The molecule has 20 heavy (non-hydrogen) atoms. The van der Waals surface area contributed by atoms with Gasteiger partial charge >= 0.3 is 0 Å². The highest BCUT2D eigenvalue weighted by Gasteiger charge is 2.11. The molecule has 1 aromatic heterocycles. The third-order valence-corrected chi connectivity index (χ3v) is 3.18. The first kappa shape index (κ1) is 14.6. The van der Waals surface area contributed by atoms with Crippen LogP contribution >= 0.6 is 0 Å². The third-order valence-electron chi connectivity index (χ3n) is 3.18. The highest BCUT2D eigenvalue weighted by molar-refractivity contribution is 5.17. The molecule has 2 atom stereocenters. The molecule has 1 aromatic carbocycles. The van der Waals surface area contributed by atoms with Crippen molar-refractivity contribution >= 4 is 0 Å². The molecular weight excluding hydrogens is 258 g/mol. The van der Waals surface area contributed by atoms with E-state index in [-0.39, 0.29) is 23.7 Å². The quantitative estimate of drug-likeness (QED) is 0.901. The largest absolute Gasteiger partial charge is 0.306 e. The highest BCUT2D eigenvalue weighted by atomic mass is 19.1. The van der Waals surface area contributed by atoms with Gasteiger partial charge in [-0.25, -0.2) is 8.78 Å². The van der Waals surface area contributed by atoms with Gasteiger partial charge in [-0.2, -0.15) is 0 Å². The minimum absolute atomic E-state index is 0.0334. The Morgan fingerprint density at radius 3 is 2.25 bits per heavy atom. The molecule has 1 heterocycles. The minimum atomic E-state index is -0.333. The molecule has 2 aromatic rings. The van der Waals surface area contributed by atoms with Crippen LogP contribution in [0.25, 0.3) is 0 Å². The van der Waals surface area contributed by atoms with Gasteiger partial charge in [0.1, 0.15) is 11.6 Å². The fourth-order valence-corrected chi connectivity index (χ4v) is 2.19. The highest BCUT2D eigenvalue weighted by Crippen LogP contribution is 2.12. The summed E-state index contributed by atoms with van der Waals surface area (Å²) in [7, 11) is 0. The molecule has 0 fully saturated rings. The molecule has 0 bridgehead atoms. The van der Waals surface area contributed by atoms with Gasteiger partial charge in [0.15, 0.2) is 0 Å². The van der Waals surface area contributed by atoms with Crippen molar-refractivity contribution < 1.29 is 8.78 Å². The topological polar surface area (TPSA) is 24.9 Å². The Balaban J connectivity index is 1.92. The molecule has 2 rings (SSSR count). The zero-order valence-electron chi connectivity index (χ0n) is 11.6. The lowest BCUT2D eigenvalue weighted by Crippen LogP contribution is -2.31. The van der Waals surface area contributed by atoms with Gasteiger partial charge in [-0.05, 0) is 50.1 Å². The number of hydrogen-bond donors (Lipinski definition) is 1. The Morgan fingerprint density at radius 2 is 1.65 bits per heavy atom. The fraction of sp³-hybridized carbons (Fsp3) is 0.312. The van der Waals surface area contributed by atoms with Gasteiger partial charge in [-0.1, -0.05) is 12.1 Å². The molecule has 0 radical (unpaired) electrons. The van der Waals surface area contributed by atoms with Crippen molar-refractivity contribution in [3.05, 3.63) is 65.5 Å². The smallest absolute Gasteiger partial charge is 0.141 e. The fourth-order valence-electron chi connectivity index (χ4n) is 2.19. The van der Waals surface area contributed by atoms with Gasteiger partial charge in [-0.15, -0.1) is 0 Å². The summed E-state index contributed by atoms with van der Waals surface area (Å²) in [4.78, 5) is 4.06. The van der Waals surface area contributed by atoms with Crippen LogP contribution in [0.5, 0.6) is 0 Å². The Morgan fingerprint density at radius 1 is 1.00 bits per heavy atom. The van der Waals surface area contributed by atoms with Crippen molar-refractivity contribution in [2.75, 3.05) is 0 Å². The predicted octanol–water partition coefficient (Wildman–Crippen LogP) is 3.64. The van der Waals surface area contributed by atoms with E-state index in [0.717, 1.165) is 17.7 Å². The second-order valence-corrected chi connectivity index (χ2v) is 5.02. The van der Waals surface area contributed by atoms with Crippen molar-refractivity contribution in [1.82, 2.24) is 10.3 Å². The van der Waals surface area contributed by atoms with E-state index in [4.69, 9.17) is 0 Å². The molecule has 0 spiro atoms. The summed E-state index contributed by atoms with van der Waals surface area (Å²) in [6.07, 6.45) is 2.02. The summed E-state index contributed by atoms with van der Waals surface area (Å²) in [5.41, 5.74) is 1.88. The van der Waals surface area contributed by atoms with Gasteiger partial charge in [-0.3, -0.25) is 4.98 Å². The summed E-state index contributed by atoms with van der Waals surface area (Å²) < 4.78 is 25.7. The average molecular weight is 276 g/mol. The lowest BCUT2D eigenvalue weighted by Gasteiger charge is -2.19. The maximum absolute atomic E-state index is 12.8. The second-order valence-electron chi connectivity index (χ2n) is 5.02. The maximum atomic E-state index is 12.8. The van der Waals surface area contributed by atoms with Gasteiger partial charge in [0.2, 0.25) is 0 Å². The van der Waals surface area contributed by atoms with E-state index < -0.39 is 0 Å². The molecule has 106 valence electrons. The molecule has 0 aliphatic heterocycles. The summed E-state index contributed by atoms with van der Waals surface area (Å²) in [6.45, 7) is 4.05. The van der Waals surface area contributed by atoms with Gasteiger partial charge in [0.05, 0.1) is 11.9 Å². The van der Waals surface area contributed by atoms with E-state index in [1.54, 1.807) is 18.2 Å². The molecule has 1 N–H and O–H groups in total.